The van der Waals surface area contributed by atoms with Gasteiger partial charge in [-0.15, -0.1) is 0 Å². The minimum atomic E-state index is -0.564. The number of nitro benzene ring substituents is 1. The number of nitro groups is 1. The molecule has 1 heterocycles. The number of anilines is 2. The van der Waals surface area contributed by atoms with Gasteiger partial charge in [0.15, 0.2) is 0 Å². The number of hydrogen-bond acceptors (Lipinski definition) is 5. The molecule has 0 saturated heterocycles. The molecule has 27 heavy (non-hydrogen) atoms. The highest BCUT2D eigenvalue weighted by Gasteiger charge is 2.12. The van der Waals surface area contributed by atoms with Crippen molar-refractivity contribution in [3.05, 3.63) is 94.3 Å². The van der Waals surface area contributed by atoms with E-state index in [0.717, 1.165) is 0 Å². The van der Waals surface area contributed by atoms with E-state index >= 15 is 0 Å². The molecule has 0 unspecified atom stereocenters. The lowest BCUT2D eigenvalue weighted by Gasteiger charge is -2.09. The molecule has 2 N–H and O–H groups in total. The van der Waals surface area contributed by atoms with Crippen LogP contribution in [0.15, 0.2) is 73.1 Å². The van der Waals surface area contributed by atoms with Gasteiger partial charge in [0.05, 0.1) is 10.5 Å². The molecule has 0 atom stereocenters. The van der Waals surface area contributed by atoms with Gasteiger partial charge < -0.3 is 10.6 Å². The predicted molar refractivity (Wildman–Crippen MR) is 99.7 cm³/mol. The van der Waals surface area contributed by atoms with E-state index in [2.05, 4.69) is 15.6 Å². The Bertz CT molecular complexity index is 1010. The Hall–Kier alpha value is -4.07. The molecule has 0 radical (unpaired) electrons. The van der Waals surface area contributed by atoms with E-state index in [9.17, 15) is 19.7 Å². The van der Waals surface area contributed by atoms with Crippen LogP contribution in [-0.2, 0) is 0 Å². The number of rotatable bonds is 5. The first kappa shape index (κ1) is 17.7. The molecule has 0 fully saturated rings. The van der Waals surface area contributed by atoms with Crippen molar-refractivity contribution in [2.75, 3.05) is 10.6 Å². The van der Waals surface area contributed by atoms with E-state index in [0.29, 0.717) is 16.9 Å². The smallest absolute Gasteiger partial charge is 0.270 e. The number of carbonyl (C=O) groups excluding carboxylic acids is 2. The summed E-state index contributed by atoms with van der Waals surface area (Å²) in [6, 6.07) is 15.3. The van der Waals surface area contributed by atoms with Crippen molar-refractivity contribution in [1.29, 1.82) is 0 Å². The number of nitrogens with zero attached hydrogens (tertiary/aromatic N) is 2. The maximum Gasteiger partial charge on any atom is 0.270 e. The van der Waals surface area contributed by atoms with Gasteiger partial charge in [0, 0.05) is 41.5 Å². The molecule has 0 bridgehead atoms. The molecular formula is C19H14N4O4. The first-order chi connectivity index (χ1) is 13.0. The lowest BCUT2D eigenvalue weighted by atomic mass is 10.2. The van der Waals surface area contributed by atoms with Gasteiger partial charge in [-0.3, -0.25) is 24.7 Å². The highest BCUT2D eigenvalue weighted by molar-refractivity contribution is 6.06. The number of non-ortho nitro benzene ring substituents is 1. The SMILES string of the molecule is O=C(Nc1cccc(NC(=O)c2cccc([N+](=O)[O-])c2)c1)c1cccnc1. The minimum Gasteiger partial charge on any atom is -0.322 e. The van der Waals surface area contributed by atoms with Gasteiger partial charge >= 0.3 is 0 Å². The summed E-state index contributed by atoms with van der Waals surface area (Å²) in [6.07, 6.45) is 3.02. The van der Waals surface area contributed by atoms with Crippen molar-refractivity contribution in [2.24, 2.45) is 0 Å². The molecule has 2 amide bonds. The number of hydrogen-bond donors (Lipinski definition) is 2. The third kappa shape index (κ3) is 4.51. The number of pyridine rings is 1. The fourth-order valence-electron chi connectivity index (χ4n) is 2.34. The first-order valence-corrected chi connectivity index (χ1v) is 7.90. The third-order valence-corrected chi connectivity index (χ3v) is 3.62. The molecule has 134 valence electrons. The second-order valence-corrected chi connectivity index (χ2v) is 5.54. The van der Waals surface area contributed by atoms with Crippen LogP contribution in [0.1, 0.15) is 20.7 Å². The fraction of sp³-hybridized carbons (Fsp3) is 0. The average molecular weight is 362 g/mol. The number of amides is 2. The number of benzene rings is 2. The monoisotopic (exact) mass is 362 g/mol. The molecule has 0 aliphatic carbocycles. The van der Waals surface area contributed by atoms with Gasteiger partial charge in [-0.05, 0) is 36.4 Å². The van der Waals surface area contributed by atoms with Gasteiger partial charge in [-0.2, -0.15) is 0 Å². The number of nitrogens with one attached hydrogen (secondary N) is 2. The van der Waals surface area contributed by atoms with Crippen LogP contribution in [-0.4, -0.2) is 21.7 Å². The zero-order valence-corrected chi connectivity index (χ0v) is 14.0. The summed E-state index contributed by atoms with van der Waals surface area (Å²) in [7, 11) is 0. The third-order valence-electron chi connectivity index (χ3n) is 3.62. The van der Waals surface area contributed by atoms with Gasteiger partial charge in [0.2, 0.25) is 0 Å². The summed E-state index contributed by atoms with van der Waals surface area (Å²) < 4.78 is 0. The Kier molecular flexibility index (Phi) is 5.17. The maximum atomic E-state index is 12.3. The molecular weight excluding hydrogens is 348 g/mol. The second kappa shape index (κ2) is 7.87. The van der Waals surface area contributed by atoms with Gasteiger partial charge in [0.1, 0.15) is 0 Å². The highest BCUT2D eigenvalue weighted by Crippen LogP contribution is 2.18. The summed E-state index contributed by atoms with van der Waals surface area (Å²) in [4.78, 5) is 38.6. The molecule has 0 aliphatic heterocycles. The molecule has 2 aromatic carbocycles. The van der Waals surface area contributed by atoms with E-state index in [1.165, 1.54) is 30.5 Å². The Morgan fingerprint density at radius 2 is 1.48 bits per heavy atom. The van der Waals surface area contributed by atoms with Gasteiger partial charge in [-0.1, -0.05) is 12.1 Å². The molecule has 0 aliphatic rings. The Morgan fingerprint density at radius 3 is 2.11 bits per heavy atom. The van der Waals surface area contributed by atoms with Crippen LogP contribution in [0.2, 0.25) is 0 Å². The van der Waals surface area contributed by atoms with Crippen LogP contribution >= 0.6 is 0 Å². The van der Waals surface area contributed by atoms with Gasteiger partial charge in [0.25, 0.3) is 17.5 Å². The molecule has 0 saturated carbocycles. The Balaban J connectivity index is 1.72. The fourth-order valence-corrected chi connectivity index (χ4v) is 2.34. The summed E-state index contributed by atoms with van der Waals surface area (Å²) >= 11 is 0. The van der Waals surface area contributed by atoms with Crippen molar-refractivity contribution < 1.29 is 14.5 Å². The standard InChI is InChI=1S/C19H14N4O4/c24-18(13-4-1-8-17(10-13)23(26)27)21-15-6-2-7-16(11-15)22-19(25)14-5-3-9-20-12-14/h1-12H,(H,21,24)(H,22,25). The molecule has 3 rings (SSSR count). The molecule has 0 spiro atoms. The molecule has 3 aromatic rings. The van der Waals surface area contributed by atoms with E-state index in [1.807, 2.05) is 0 Å². The Labute approximate surface area is 154 Å². The zero-order valence-electron chi connectivity index (χ0n) is 14.0. The normalized spacial score (nSPS) is 10.1. The van der Waals surface area contributed by atoms with Crippen LogP contribution < -0.4 is 10.6 Å². The lowest BCUT2D eigenvalue weighted by molar-refractivity contribution is -0.384. The summed E-state index contributed by atoms with van der Waals surface area (Å²) in [5.74, 6) is -0.820. The zero-order chi connectivity index (χ0) is 19.2. The van der Waals surface area contributed by atoms with E-state index in [1.54, 1.807) is 42.6 Å². The summed E-state index contributed by atoms with van der Waals surface area (Å²) in [5.41, 5.74) is 1.33. The highest BCUT2D eigenvalue weighted by atomic mass is 16.6. The van der Waals surface area contributed by atoms with E-state index in [4.69, 9.17) is 0 Å². The van der Waals surface area contributed by atoms with E-state index < -0.39 is 10.8 Å². The Morgan fingerprint density at radius 1 is 0.852 bits per heavy atom. The number of aromatic nitrogens is 1. The first-order valence-electron chi connectivity index (χ1n) is 7.90. The topological polar surface area (TPSA) is 114 Å². The summed E-state index contributed by atoms with van der Waals surface area (Å²) in [5, 5.41) is 16.2. The van der Waals surface area contributed by atoms with Crippen molar-refractivity contribution in [1.82, 2.24) is 4.98 Å². The van der Waals surface area contributed by atoms with Gasteiger partial charge in [-0.25, -0.2) is 0 Å². The van der Waals surface area contributed by atoms with Crippen LogP contribution in [0.4, 0.5) is 17.1 Å². The van der Waals surface area contributed by atoms with Crippen LogP contribution in [0.5, 0.6) is 0 Å². The van der Waals surface area contributed by atoms with E-state index in [-0.39, 0.29) is 17.2 Å². The van der Waals surface area contributed by atoms with Crippen LogP contribution in [0, 0.1) is 10.1 Å². The quantitative estimate of drug-likeness (QED) is 0.532. The molecule has 1 aromatic heterocycles. The van der Waals surface area contributed by atoms with Crippen molar-refractivity contribution in [2.45, 2.75) is 0 Å². The number of carbonyl (C=O) groups is 2. The lowest BCUT2D eigenvalue weighted by Crippen LogP contribution is -2.14. The van der Waals surface area contributed by atoms with Crippen LogP contribution in [0.3, 0.4) is 0 Å². The maximum absolute atomic E-state index is 12.3. The minimum absolute atomic E-state index is 0.161. The molecule has 8 nitrogen and oxygen atoms in total. The predicted octanol–water partition coefficient (Wildman–Crippen LogP) is 3.49. The summed E-state index contributed by atoms with van der Waals surface area (Å²) in [6.45, 7) is 0. The second-order valence-electron chi connectivity index (χ2n) is 5.54. The van der Waals surface area contributed by atoms with Crippen molar-refractivity contribution in [3.8, 4) is 0 Å². The van der Waals surface area contributed by atoms with Crippen molar-refractivity contribution in [3.63, 3.8) is 0 Å². The largest absolute Gasteiger partial charge is 0.322 e. The van der Waals surface area contributed by atoms with Crippen molar-refractivity contribution >= 4 is 28.9 Å². The molecule has 8 heteroatoms. The average Bonchev–Trinajstić information content (AvgIpc) is 2.69. The van der Waals surface area contributed by atoms with Crippen LogP contribution in [0.25, 0.3) is 0 Å².